The summed E-state index contributed by atoms with van der Waals surface area (Å²) >= 11 is 0. The van der Waals surface area contributed by atoms with Gasteiger partial charge in [0.2, 0.25) is 5.91 Å². The molecule has 0 saturated heterocycles. The highest BCUT2D eigenvalue weighted by Gasteiger charge is 2.10. The molecule has 2 rings (SSSR count). The summed E-state index contributed by atoms with van der Waals surface area (Å²) in [7, 11) is 1.56. The first-order chi connectivity index (χ1) is 11.9. The number of pyridine rings is 1. The van der Waals surface area contributed by atoms with E-state index in [-0.39, 0.29) is 17.9 Å². The van der Waals surface area contributed by atoms with Crippen molar-refractivity contribution in [2.24, 2.45) is 0 Å². The van der Waals surface area contributed by atoms with Crippen molar-refractivity contribution >= 4 is 17.9 Å². The van der Waals surface area contributed by atoms with Gasteiger partial charge >= 0.3 is 0 Å². The Morgan fingerprint density at radius 1 is 1.16 bits per heavy atom. The van der Waals surface area contributed by atoms with E-state index >= 15 is 0 Å². The molecule has 2 amide bonds. The number of carbonyl (C=O) groups is 2. The Bertz CT molecular complexity index is 812. The molecule has 2 N–H and O–H groups in total. The van der Waals surface area contributed by atoms with Crippen LogP contribution in [0.2, 0.25) is 0 Å². The number of aryl methyl sites for hydroxylation is 2. The number of carbonyl (C=O) groups excluding carboxylic acids is 2. The Morgan fingerprint density at radius 2 is 1.92 bits per heavy atom. The zero-order valence-corrected chi connectivity index (χ0v) is 15.0. The van der Waals surface area contributed by atoms with Crippen molar-refractivity contribution in [3.8, 4) is 0 Å². The molecule has 0 spiro atoms. The fourth-order valence-electron chi connectivity index (χ4n) is 2.55. The first kappa shape index (κ1) is 18.4. The highest BCUT2D eigenvalue weighted by atomic mass is 16.2. The number of hydrogen-bond donors (Lipinski definition) is 2. The van der Waals surface area contributed by atoms with Crippen LogP contribution in [0.5, 0.6) is 0 Å². The van der Waals surface area contributed by atoms with Crippen LogP contribution < -0.4 is 10.6 Å². The van der Waals surface area contributed by atoms with E-state index in [1.54, 1.807) is 25.4 Å². The topological polar surface area (TPSA) is 71.1 Å². The van der Waals surface area contributed by atoms with Crippen LogP contribution in [0.3, 0.4) is 0 Å². The summed E-state index contributed by atoms with van der Waals surface area (Å²) in [6.07, 6.45) is 6.18. The smallest absolute Gasteiger partial charge is 0.252 e. The summed E-state index contributed by atoms with van der Waals surface area (Å²) in [6, 6.07) is 7.79. The summed E-state index contributed by atoms with van der Waals surface area (Å²) < 4.78 is 0. The molecular formula is C20H23N3O2. The van der Waals surface area contributed by atoms with E-state index in [1.807, 2.05) is 20.8 Å². The summed E-state index contributed by atoms with van der Waals surface area (Å²) in [6.45, 7) is 6.02. The molecular weight excluding hydrogens is 314 g/mol. The van der Waals surface area contributed by atoms with Crippen molar-refractivity contribution in [1.29, 1.82) is 0 Å². The molecule has 0 aliphatic rings. The molecule has 0 aliphatic heterocycles. The molecule has 0 bridgehead atoms. The van der Waals surface area contributed by atoms with Crippen molar-refractivity contribution in [1.82, 2.24) is 15.6 Å². The maximum atomic E-state index is 12.2. The van der Waals surface area contributed by atoms with Gasteiger partial charge in [-0.3, -0.25) is 14.6 Å². The Hall–Kier alpha value is -2.95. The van der Waals surface area contributed by atoms with Crippen LogP contribution in [-0.4, -0.2) is 23.8 Å². The summed E-state index contributed by atoms with van der Waals surface area (Å²) in [5.41, 5.74) is 4.55. The average molecular weight is 337 g/mol. The van der Waals surface area contributed by atoms with Crippen LogP contribution in [0.1, 0.15) is 45.6 Å². The zero-order chi connectivity index (χ0) is 18.4. The number of amides is 2. The van der Waals surface area contributed by atoms with E-state index in [2.05, 4.69) is 33.8 Å². The van der Waals surface area contributed by atoms with Gasteiger partial charge in [-0.2, -0.15) is 0 Å². The number of rotatable bonds is 5. The van der Waals surface area contributed by atoms with E-state index in [4.69, 9.17) is 0 Å². The van der Waals surface area contributed by atoms with Crippen LogP contribution in [0.4, 0.5) is 0 Å². The summed E-state index contributed by atoms with van der Waals surface area (Å²) in [5.74, 6) is -0.408. The average Bonchev–Trinajstić information content (AvgIpc) is 2.61. The molecule has 1 aromatic heterocycles. The number of hydrogen-bond acceptors (Lipinski definition) is 3. The van der Waals surface area contributed by atoms with Gasteiger partial charge in [0, 0.05) is 25.5 Å². The van der Waals surface area contributed by atoms with Gasteiger partial charge in [0.15, 0.2) is 0 Å². The Kier molecular flexibility index (Phi) is 6.06. The lowest BCUT2D eigenvalue weighted by Crippen LogP contribution is -2.25. The monoisotopic (exact) mass is 337 g/mol. The van der Waals surface area contributed by atoms with Gasteiger partial charge in [-0.15, -0.1) is 0 Å². The van der Waals surface area contributed by atoms with E-state index < -0.39 is 0 Å². The van der Waals surface area contributed by atoms with Crippen LogP contribution >= 0.6 is 0 Å². The quantitative estimate of drug-likeness (QED) is 0.824. The van der Waals surface area contributed by atoms with E-state index in [9.17, 15) is 9.59 Å². The molecule has 1 heterocycles. The number of nitrogens with one attached hydrogen (secondary N) is 2. The van der Waals surface area contributed by atoms with Gasteiger partial charge in [-0.25, -0.2) is 0 Å². The third-order valence-electron chi connectivity index (χ3n) is 3.94. The Balaban J connectivity index is 2.05. The van der Waals surface area contributed by atoms with Gasteiger partial charge in [0.1, 0.15) is 0 Å². The highest BCUT2D eigenvalue weighted by molar-refractivity contribution is 5.95. The molecule has 1 unspecified atom stereocenters. The zero-order valence-electron chi connectivity index (χ0n) is 15.0. The van der Waals surface area contributed by atoms with Crippen molar-refractivity contribution in [3.05, 3.63) is 70.6 Å². The predicted octanol–water partition coefficient (Wildman–Crippen LogP) is 2.95. The number of benzene rings is 1. The Labute approximate surface area is 148 Å². The second-order valence-corrected chi connectivity index (χ2v) is 6.01. The van der Waals surface area contributed by atoms with Crippen LogP contribution in [0, 0.1) is 13.8 Å². The van der Waals surface area contributed by atoms with Crippen molar-refractivity contribution in [2.45, 2.75) is 26.8 Å². The van der Waals surface area contributed by atoms with Gasteiger partial charge < -0.3 is 10.6 Å². The van der Waals surface area contributed by atoms with Gasteiger partial charge in [0.25, 0.3) is 5.91 Å². The molecule has 0 radical (unpaired) electrons. The maximum Gasteiger partial charge on any atom is 0.252 e. The molecule has 0 fully saturated rings. The number of nitrogens with zero attached hydrogens (tertiary/aromatic N) is 1. The van der Waals surface area contributed by atoms with E-state index in [1.165, 1.54) is 12.3 Å². The van der Waals surface area contributed by atoms with Gasteiger partial charge in [-0.1, -0.05) is 23.8 Å². The molecule has 1 atom stereocenters. The fourth-order valence-corrected chi connectivity index (χ4v) is 2.55. The second kappa shape index (κ2) is 8.24. The lowest BCUT2D eigenvalue weighted by molar-refractivity contribution is -0.117. The molecule has 5 heteroatoms. The van der Waals surface area contributed by atoms with E-state index in [0.717, 1.165) is 16.7 Å². The fraction of sp³-hybridized carbons (Fsp3) is 0.250. The number of aromatic nitrogens is 1. The highest BCUT2D eigenvalue weighted by Crippen LogP contribution is 2.18. The first-order valence-electron chi connectivity index (χ1n) is 8.13. The summed E-state index contributed by atoms with van der Waals surface area (Å²) in [4.78, 5) is 27.8. The van der Waals surface area contributed by atoms with Crippen molar-refractivity contribution in [3.63, 3.8) is 0 Å². The predicted molar refractivity (Wildman–Crippen MR) is 99.1 cm³/mol. The lowest BCUT2D eigenvalue weighted by atomic mass is 10.00. The third-order valence-corrected chi connectivity index (χ3v) is 3.94. The molecule has 2 aromatic rings. The van der Waals surface area contributed by atoms with Crippen LogP contribution in [0.25, 0.3) is 6.08 Å². The molecule has 5 nitrogen and oxygen atoms in total. The van der Waals surface area contributed by atoms with Crippen LogP contribution in [-0.2, 0) is 4.79 Å². The molecule has 0 saturated carbocycles. The molecule has 130 valence electrons. The minimum atomic E-state index is -0.212. The lowest BCUT2D eigenvalue weighted by Gasteiger charge is -2.16. The van der Waals surface area contributed by atoms with E-state index in [0.29, 0.717) is 11.1 Å². The largest absolute Gasteiger partial charge is 0.355 e. The molecule has 25 heavy (non-hydrogen) atoms. The normalized spacial score (nSPS) is 12.0. The van der Waals surface area contributed by atoms with Crippen molar-refractivity contribution < 1.29 is 9.59 Å². The molecule has 0 aliphatic carbocycles. The van der Waals surface area contributed by atoms with Gasteiger partial charge in [-0.05, 0) is 49.6 Å². The standard InChI is InChI=1S/C20H23N3O2/c1-13-5-6-14(2)18(9-13)15(3)23-19(24)8-7-16-10-17(12-22-11-16)20(25)21-4/h5-12,15H,1-4H3,(H,21,25)(H,23,24)/b8-7+. The Morgan fingerprint density at radius 3 is 2.64 bits per heavy atom. The van der Waals surface area contributed by atoms with Crippen molar-refractivity contribution in [2.75, 3.05) is 7.05 Å². The third kappa shape index (κ3) is 5.01. The SMILES string of the molecule is CNC(=O)c1cncc(/C=C/C(=O)NC(C)c2cc(C)ccc2C)c1. The summed E-state index contributed by atoms with van der Waals surface area (Å²) in [5, 5.41) is 5.50. The second-order valence-electron chi connectivity index (χ2n) is 6.01. The maximum absolute atomic E-state index is 12.2. The minimum absolute atomic E-state index is 0.0904. The minimum Gasteiger partial charge on any atom is -0.355 e. The van der Waals surface area contributed by atoms with Gasteiger partial charge in [0.05, 0.1) is 11.6 Å². The molecule has 1 aromatic carbocycles. The van der Waals surface area contributed by atoms with Crippen LogP contribution in [0.15, 0.2) is 42.7 Å². The first-order valence-corrected chi connectivity index (χ1v) is 8.13.